The highest BCUT2D eigenvalue weighted by atomic mass is 16.5. The maximum atomic E-state index is 11.9. The summed E-state index contributed by atoms with van der Waals surface area (Å²) in [5.41, 5.74) is 3.21. The molecule has 0 saturated heterocycles. The molecule has 31 heavy (non-hydrogen) atoms. The van der Waals surface area contributed by atoms with Crippen molar-refractivity contribution in [3.63, 3.8) is 0 Å². The largest absolute Gasteiger partial charge is 0.493 e. The van der Waals surface area contributed by atoms with Gasteiger partial charge in [-0.1, -0.05) is 18.2 Å². The number of ether oxygens (including phenoxy) is 5. The van der Waals surface area contributed by atoms with E-state index in [2.05, 4.69) is 0 Å². The number of carbonyl (C=O) groups excluding carboxylic acids is 1. The van der Waals surface area contributed by atoms with E-state index in [1.54, 1.807) is 28.4 Å². The van der Waals surface area contributed by atoms with E-state index in [1.165, 1.54) is 0 Å². The lowest BCUT2D eigenvalue weighted by Crippen LogP contribution is -2.11. The zero-order valence-corrected chi connectivity index (χ0v) is 19.0. The molecule has 0 saturated carbocycles. The Morgan fingerprint density at radius 3 is 2.23 bits per heavy atom. The molecule has 2 aromatic carbocycles. The van der Waals surface area contributed by atoms with Gasteiger partial charge in [0.2, 0.25) is 5.75 Å². The first-order chi connectivity index (χ1) is 15.0. The minimum atomic E-state index is -0.107. The van der Waals surface area contributed by atoms with E-state index in [0.717, 1.165) is 35.8 Å². The third-order valence-corrected chi connectivity index (χ3v) is 5.43. The molecule has 166 valence electrons. The van der Waals surface area contributed by atoms with E-state index in [9.17, 15) is 4.79 Å². The SMILES string of the molecule is COc1cc2c(c(OC)c1OC)C(c1cccc(OC(C)C)c1OC)CCC=C2C=O. The number of rotatable bonds is 8. The molecule has 0 aliphatic heterocycles. The zero-order valence-electron chi connectivity index (χ0n) is 19.0. The van der Waals surface area contributed by atoms with Gasteiger partial charge in [0.25, 0.3) is 0 Å². The van der Waals surface area contributed by atoms with Gasteiger partial charge in [-0.15, -0.1) is 0 Å². The summed E-state index contributed by atoms with van der Waals surface area (Å²) >= 11 is 0. The molecule has 1 unspecified atom stereocenters. The fourth-order valence-corrected chi connectivity index (χ4v) is 4.22. The number of aldehydes is 1. The summed E-state index contributed by atoms with van der Waals surface area (Å²) < 4.78 is 28.8. The lowest BCUT2D eigenvalue weighted by molar-refractivity contribution is -0.103. The van der Waals surface area contributed by atoms with Crippen LogP contribution in [0.3, 0.4) is 0 Å². The molecule has 6 nitrogen and oxygen atoms in total. The third kappa shape index (κ3) is 4.20. The highest BCUT2D eigenvalue weighted by Crippen LogP contribution is 2.52. The Balaban J connectivity index is 2.33. The van der Waals surface area contributed by atoms with Gasteiger partial charge in [0.05, 0.1) is 34.5 Å². The highest BCUT2D eigenvalue weighted by Gasteiger charge is 2.32. The first kappa shape index (κ1) is 22.5. The molecule has 0 heterocycles. The number of fused-ring (bicyclic) bond motifs is 1. The van der Waals surface area contributed by atoms with Gasteiger partial charge in [0.15, 0.2) is 23.0 Å². The van der Waals surface area contributed by atoms with E-state index in [0.29, 0.717) is 34.3 Å². The molecule has 0 amide bonds. The van der Waals surface area contributed by atoms with E-state index >= 15 is 0 Å². The summed E-state index contributed by atoms with van der Waals surface area (Å²) in [4.78, 5) is 11.9. The summed E-state index contributed by atoms with van der Waals surface area (Å²) in [6.07, 6.45) is 4.32. The molecule has 0 fully saturated rings. The lowest BCUT2D eigenvalue weighted by Gasteiger charge is -2.26. The van der Waals surface area contributed by atoms with Crippen molar-refractivity contribution in [1.29, 1.82) is 0 Å². The molecule has 0 bridgehead atoms. The van der Waals surface area contributed by atoms with Crippen molar-refractivity contribution >= 4 is 11.9 Å². The number of carbonyl (C=O) groups is 1. The molecule has 1 atom stereocenters. The molecule has 2 aromatic rings. The molecule has 6 heteroatoms. The maximum Gasteiger partial charge on any atom is 0.203 e. The second-order valence-corrected chi connectivity index (χ2v) is 7.56. The van der Waals surface area contributed by atoms with Crippen LogP contribution < -0.4 is 23.7 Å². The average Bonchev–Trinajstić information content (AvgIpc) is 2.96. The fraction of sp³-hybridized carbons (Fsp3) is 0.400. The van der Waals surface area contributed by atoms with E-state index in [1.807, 2.05) is 44.2 Å². The molecular formula is C25H30O6. The molecule has 1 aliphatic rings. The molecule has 0 aromatic heterocycles. The van der Waals surface area contributed by atoms with E-state index in [-0.39, 0.29) is 12.0 Å². The smallest absolute Gasteiger partial charge is 0.203 e. The summed E-state index contributed by atoms with van der Waals surface area (Å²) in [6.45, 7) is 3.96. The molecule has 1 aliphatic carbocycles. The average molecular weight is 427 g/mol. The Hall–Kier alpha value is -3.15. The van der Waals surface area contributed by atoms with Crippen LogP contribution in [0.25, 0.3) is 5.57 Å². The molecule has 0 spiro atoms. The minimum absolute atomic E-state index is 0.00722. The van der Waals surface area contributed by atoms with Gasteiger partial charge >= 0.3 is 0 Å². The number of hydrogen-bond acceptors (Lipinski definition) is 6. The lowest BCUT2D eigenvalue weighted by atomic mass is 9.83. The van der Waals surface area contributed by atoms with Crippen molar-refractivity contribution in [1.82, 2.24) is 0 Å². The van der Waals surface area contributed by atoms with Crippen LogP contribution in [0.15, 0.2) is 30.3 Å². The number of benzene rings is 2. The zero-order chi connectivity index (χ0) is 22.5. The molecule has 0 radical (unpaired) electrons. The normalized spacial score (nSPS) is 15.5. The van der Waals surface area contributed by atoms with E-state index in [4.69, 9.17) is 23.7 Å². The topological polar surface area (TPSA) is 63.2 Å². The van der Waals surface area contributed by atoms with Crippen molar-refractivity contribution < 1.29 is 28.5 Å². The number of methoxy groups -OCH3 is 4. The van der Waals surface area contributed by atoms with Crippen LogP contribution in [-0.4, -0.2) is 40.8 Å². The summed E-state index contributed by atoms with van der Waals surface area (Å²) in [6, 6.07) is 7.74. The van der Waals surface area contributed by atoms with Gasteiger partial charge in [0.1, 0.15) is 6.29 Å². The Morgan fingerprint density at radius 1 is 0.935 bits per heavy atom. The van der Waals surface area contributed by atoms with Gasteiger partial charge < -0.3 is 23.7 Å². The van der Waals surface area contributed by atoms with Gasteiger partial charge in [-0.25, -0.2) is 0 Å². The fourth-order valence-electron chi connectivity index (χ4n) is 4.22. The van der Waals surface area contributed by atoms with Crippen molar-refractivity contribution in [3.05, 3.63) is 47.0 Å². The van der Waals surface area contributed by atoms with E-state index < -0.39 is 0 Å². The van der Waals surface area contributed by atoms with Gasteiger partial charge in [-0.2, -0.15) is 0 Å². The summed E-state index contributed by atoms with van der Waals surface area (Å²) in [7, 11) is 6.38. The number of hydrogen-bond donors (Lipinski definition) is 0. The van der Waals surface area contributed by atoms with Crippen molar-refractivity contribution in [2.24, 2.45) is 0 Å². The number of para-hydroxylation sites is 1. The molecular weight excluding hydrogens is 396 g/mol. The standard InChI is InChI=1S/C25H30O6/c1-15(2)31-20-12-8-11-18(23(20)28-4)17-10-7-9-16(14-26)19-13-21(27-3)24(29-5)25(30-6)22(17)19/h8-9,11-15,17H,7,10H2,1-6H3. The number of allylic oxidation sites excluding steroid dienone is 2. The van der Waals surface area contributed by atoms with Gasteiger partial charge in [-0.05, 0) is 44.4 Å². The van der Waals surface area contributed by atoms with Crippen LogP contribution in [0.5, 0.6) is 28.7 Å². The van der Waals surface area contributed by atoms with Crippen LogP contribution in [0.2, 0.25) is 0 Å². The van der Waals surface area contributed by atoms with Crippen LogP contribution in [-0.2, 0) is 4.79 Å². The van der Waals surface area contributed by atoms with Gasteiger partial charge in [-0.3, -0.25) is 4.79 Å². The minimum Gasteiger partial charge on any atom is -0.493 e. The van der Waals surface area contributed by atoms with Crippen LogP contribution >= 0.6 is 0 Å². The Morgan fingerprint density at radius 2 is 1.65 bits per heavy atom. The Labute approximate surface area is 183 Å². The second kappa shape index (κ2) is 9.77. The van der Waals surface area contributed by atoms with Crippen molar-refractivity contribution in [3.8, 4) is 28.7 Å². The van der Waals surface area contributed by atoms with Crippen molar-refractivity contribution in [2.45, 2.75) is 38.7 Å². The predicted octanol–water partition coefficient (Wildman–Crippen LogP) is 5.02. The quantitative estimate of drug-likeness (QED) is 0.553. The van der Waals surface area contributed by atoms with Crippen LogP contribution in [0.1, 0.15) is 49.3 Å². The first-order valence-electron chi connectivity index (χ1n) is 10.3. The Bertz CT molecular complexity index is 976. The third-order valence-electron chi connectivity index (χ3n) is 5.43. The first-order valence-corrected chi connectivity index (χ1v) is 10.3. The maximum absolute atomic E-state index is 11.9. The van der Waals surface area contributed by atoms with Gasteiger partial charge in [0, 0.05) is 22.6 Å². The Kier molecular flexibility index (Phi) is 7.10. The van der Waals surface area contributed by atoms with Crippen LogP contribution in [0, 0.1) is 0 Å². The van der Waals surface area contributed by atoms with Crippen LogP contribution in [0.4, 0.5) is 0 Å². The highest BCUT2D eigenvalue weighted by molar-refractivity contribution is 6.08. The summed E-state index contributed by atoms with van der Waals surface area (Å²) in [5.74, 6) is 2.81. The molecule has 0 N–H and O–H groups in total. The van der Waals surface area contributed by atoms with Crippen molar-refractivity contribution in [2.75, 3.05) is 28.4 Å². The summed E-state index contributed by atoms with van der Waals surface area (Å²) in [5, 5.41) is 0. The monoisotopic (exact) mass is 426 g/mol. The predicted molar refractivity (Wildman–Crippen MR) is 120 cm³/mol. The molecule has 3 rings (SSSR count). The second-order valence-electron chi connectivity index (χ2n) is 7.56.